The fourth-order valence-electron chi connectivity index (χ4n) is 4.04. The molecule has 25 heavy (non-hydrogen) atoms. The second-order valence-electron chi connectivity index (χ2n) is 7.25. The molecule has 0 amide bonds. The molecule has 2 fully saturated rings. The fraction of sp³-hybridized carbons (Fsp3) is 0.619. The van der Waals surface area contributed by atoms with Crippen molar-refractivity contribution in [3.8, 4) is 18.1 Å². The Morgan fingerprint density at radius 1 is 1.12 bits per heavy atom. The fourth-order valence-corrected chi connectivity index (χ4v) is 4.04. The molecule has 1 aromatic rings. The van der Waals surface area contributed by atoms with Gasteiger partial charge in [-0.15, -0.1) is 6.42 Å². The smallest absolute Gasteiger partial charge is 0.148 e. The average Bonchev–Trinajstić information content (AvgIpc) is 2.66. The zero-order valence-electron chi connectivity index (χ0n) is 15.0. The monoisotopic (exact) mass is 342 g/mol. The quantitative estimate of drug-likeness (QED) is 0.780. The Morgan fingerprint density at radius 2 is 1.84 bits per heavy atom. The Bertz CT molecular complexity index is 558. The Hall–Kier alpha value is -1.54. The predicted octanol–water partition coefficient (Wildman–Crippen LogP) is 2.56. The average molecular weight is 342 g/mol. The summed E-state index contributed by atoms with van der Waals surface area (Å²) in [7, 11) is 0. The van der Waals surface area contributed by atoms with Gasteiger partial charge in [0.05, 0.1) is 6.10 Å². The SMILES string of the molecule is C#CCOc1ccc(CNC2CCN(C3CCCCC3O)CC2)cc1. The van der Waals surface area contributed by atoms with Crippen LogP contribution in [0.3, 0.4) is 0 Å². The largest absolute Gasteiger partial charge is 0.481 e. The summed E-state index contributed by atoms with van der Waals surface area (Å²) in [5.41, 5.74) is 1.26. The number of rotatable bonds is 6. The van der Waals surface area contributed by atoms with Gasteiger partial charge in [0.1, 0.15) is 12.4 Å². The minimum absolute atomic E-state index is 0.117. The van der Waals surface area contributed by atoms with Gasteiger partial charge < -0.3 is 15.2 Å². The van der Waals surface area contributed by atoms with Crippen LogP contribution in [0.4, 0.5) is 0 Å². The molecule has 2 aliphatic rings. The molecule has 2 N–H and O–H groups in total. The highest BCUT2D eigenvalue weighted by Crippen LogP contribution is 2.26. The van der Waals surface area contributed by atoms with E-state index < -0.39 is 0 Å². The van der Waals surface area contributed by atoms with E-state index in [1.807, 2.05) is 12.1 Å². The van der Waals surface area contributed by atoms with E-state index in [1.54, 1.807) is 0 Å². The molecule has 4 nitrogen and oxygen atoms in total. The maximum atomic E-state index is 10.2. The number of nitrogens with zero attached hydrogens (tertiary/aromatic N) is 1. The molecule has 1 aliphatic carbocycles. The number of ether oxygens (including phenoxy) is 1. The summed E-state index contributed by atoms with van der Waals surface area (Å²) in [4.78, 5) is 2.51. The Kier molecular flexibility index (Phi) is 6.75. The van der Waals surface area contributed by atoms with Gasteiger partial charge in [-0.3, -0.25) is 4.90 Å². The van der Waals surface area contributed by atoms with Crippen molar-refractivity contribution in [2.24, 2.45) is 0 Å². The zero-order chi connectivity index (χ0) is 17.5. The number of likely N-dealkylation sites (tertiary alicyclic amines) is 1. The number of hydrogen-bond donors (Lipinski definition) is 2. The van der Waals surface area contributed by atoms with E-state index in [9.17, 15) is 5.11 Å². The first-order chi connectivity index (χ1) is 12.3. The van der Waals surface area contributed by atoms with Crippen LogP contribution in [-0.2, 0) is 6.54 Å². The van der Waals surface area contributed by atoms with Crippen molar-refractivity contribution in [3.63, 3.8) is 0 Å². The lowest BCUT2D eigenvalue weighted by molar-refractivity contribution is 0.00714. The van der Waals surface area contributed by atoms with E-state index in [-0.39, 0.29) is 6.10 Å². The van der Waals surface area contributed by atoms with Gasteiger partial charge in [0.15, 0.2) is 0 Å². The van der Waals surface area contributed by atoms with Gasteiger partial charge in [0.25, 0.3) is 0 Å². The summed E-state index contributed by atoms with van der Waals surface area (Å²) in [6.45, 7) is 3.38. The third-order valence-corrected chi connectivity index (χ3v) is 5.53. The first kappa shape index (κ1) is 18.3. The van der Waals surface area contributed by atoms with Gasteiger partial charge in [-0.25, -0.2) is 0 Å². The summed E-state index contributed by atoms with van der Waals surface area (Å²) in [5, 5.41) is 13.9. The van der Waals surface area contributed by atoms with Gasteiger partial charge in [0.2, 0.25) is 0 Å². The van der Waals surface area contributed by atoms with Crippen molar-refractivity contribution >= 4 is 0 Å². The zero-order valence-corrected chi connectivity index (χ0v) is 15.0. The minimum atomic E-state index is -0.117. The minimum Gasteiger partial charge on any atom is -0.481 e. The maximum Gasteiger partial charge on any atom is 0.148 e. The molecule has 1 heterocycles. The number of hydrogen-bond acceptors (Lipinski definition) is 4. The molecule has 0 radical (unpaired) electrons. The number of piperidine rings is 1. The Balaban J connectivity index is 1.39. The van der Waals surface area contributed by atoms with Crippen molar-refractivity contribution in [2.75, 3.05) is 19.7 Å². The third kappa shape index (κ3) is 5.22. The molecular formula is C21H30N2O2. The summed E-state index contributed by atoms with van der Waals surface area (Å²) in [6, 6.07) is 9.08. The van der Waals surface area contributed by atoms with Crippen LogP contribution in [0.5, 0.6) is 5.75 Å². The van der Waals surface area contributed by atoms with E-state index in [0.29, 0.717) is 18.7 Å². The van der Waals surface area contributed by atoms with Crippen molar-refractivity contribution < 1.29 is 9.84 Å². The van der Waals surface area contributed by atoms with Crippen LogP contribution in [0, 0.1) is 12.3 Å². The lowest BCUT2D eigenvalue weighted by atomic mass is 9.89. The van der Waals surface area contributed by atoms with Gasteiger partial charge in [-0.2, -0.15) is 0 Å². The molecule has 0 spiro atoms. The molecule has 2 unspecified atom stereocenters. The first-order valence-corrected chi connectivity index (χ1v) is 9.57. The van der Waals surface area contributed by atoms with Crippen LogP contribution < -0.4 is 10.1 Å². The summed E-state index contributed by atoms with van der Waals surface area (Å²) in [6.07, 6.45) is 12.0. The highest BCUT2D eigenvalue weighted by atomic mass is 16.5. The molecule has 1 aromatic carbocycles. The van der Waals surface area contributed by atoms with Crippen molar-refractivity contribution in [1.29, 1.82) is 0 Å². The molecule has 3 rings (SSSR count). The first-order valence-electron chi connectivity index (χ1n) is 9.57. The molecule has 2 atom stereocenters. The third-order valence-electron chi connectivity index (χ3n) is 5.53. The van der Waals surface area contributed by atoms with Crippen molar-refractivity contribution in [2.45, 2.75) is 63.3 Å². The van der Waals surface area contributed by atoms with Gasteiger partial charge in [0, 0.05) is 31.7 Å². The predicted molar refractivity (Wildman–Crippen MR) is 100 cm³/mol. The van der Waals surface area contributed by atoms with E-state index in [2.05, 4.69) is 28.3 Å². The molecular weight excluding hydrogens is 312 g/mol. The number of benzene rings is 1. The number of terminal acetylenes is 1. The molecule has 1 saturated carbocycles. The maximum absolute atomic E-state index is 10.2. The van der Waals surface area contributed by atoms with Gasteiger partial charge in [-0.1, -0.05) is 30.9 Å². The number of nitrogens with one attached hydrogen (secondary N) is 1. The molecule has 4 heteroatoms. The van der Waals surface area contributed by atoms with Crippen molar-refractivity contribution in [3.05, 3.63) is 29.8 Å². The summed E-state index contributed by atoms with van der Waals surface area (Å²) < 4.78 is 5.40. The number of aliphatic hydroxyl groups excluding tert-OH is 1. The lowest BCUT2D eigenvalue weighted by Crippen LogP contribution is -2.51. The molecule has 136 valence electrons. The van der Waals surface area contributed by atoms with Crippen LogP contribution in [0.2, 0.25) is 0 Å². The van der Waals surface area contributed by atoms with Crippen LogP contribution >= 0.6 is 0 Å². The summed E-state index contributed by atoms with van der Waals surface area (Å²) in [5.74, 6) is 3.30. The lowest BCUT2D eigenvalue weighted by Gasteiger charge is -2.41. The molecule has 0 bridgehead atoms. The van der Waals surface area contributed by atoms with E-state index in [1.165, 1.54) is 18.4 Å². The van der Waals surface area contributed by atoms with Crippen LogP contribution in [0.25, 0.3) is 0 Å². The number of aliphatic hydroxyl groups is 1. The van der Waals surface area contributed by atoms with E-state index >= 15 is 0 Å². The second-order valence-corrected chi connectivity index (χ2v) is 7.25. The molecule has 0 aromatic heterocycles. The van der Waals surface area contributed by atoms with Crippen LogP contribution in [-0.4, -0.2) is 47.9 Å². The highest BCUT2D eigenvalue weighted by Gasteiger charge is 2.31. The highest BCUT2D eigenvalue weighted by molar-refractivity contribution is 5.27. The van der Waals surface area contributed by atoms with E-state index in [0.717, 1.165) is 51.1 Å². The second kappa shape index (κ2) is 9.24. The standard InChI is InChI=1S/C21H30N2O2/c1-2-15-25-19-9-7-17(8-10-19)16-22-18-11-13-23(14-12-18)20-5-3-4-6-21(20)24/h1,7-10,18,20-22,24H,3-6,11-16H2. The normalized spacial score (nSPS) is 25.4. The Labute approximate surface area is 151 Å². The van der Waals surface area contributed by atoms with Gasteiger partial charge >= 0.3 is 0 Å². The topological polar surface area (TPSA) is 44.7 Å². The van der Waals surface area contributed by atoms with Crippen molar-refractivity contribution in [1.82, 2.24) is 10.2 Å². The van der Waals surface area contributed by atoms with Gasteiger partial charge in [-0.05, 0) is 43.4 Å². The molecule has 1 saturated heterocycles. The molecule has 1 aliphatic heterocycles. The summed E-state index contributed by atoms with van der Waals surface area (Å²) >= 11 is 0. The van der Waals surface area contributed by atoms with Crippen LogP contribution in [0.1, 0.15) is 44.1 Å². The van der Waals surface area contributed by atoms with E-state index in [4.69, 9.17) is 11.2 Å². The van der Waals surface area contributed by atoms with Crippen LogP contribution in [0.15, 0.2) is 24.3 Å². The Morgan fingerprint density at radius 3 is 2.52 bits per heavy atom.